The monoisotopic (exact) mass is 240 g/mol. The predicted molar refractivity (Wildman–Crippen MR) is 60.1 cm³/mol. The summed E-state index contributed by atoms with van der Waals surface area (Å²) >= 11 is 5.60. The fourth-order valence-corrected chi connectivity index (χ4v) is 1.46. The van der Waals surface area contributed by atoms with Gasteiger partial charge in [-0.25, -0.2) is 0 Å². The Bertz CT molecular complexity index is 408. The molecule has 4 nitrogen and oxygen atoms in total. The quantitative estimate of drug-likeness (QED) is 0.813. The Hall–Kier alpha value is -1.47. The van der Waals surface area contributed by atoms with Crippen LogP contribution in [0.25, 0.3) is 0 Å². The number of halogens is 1. The Morgan fingerprint density at radius 1 is 1.69 bits per heavy atom. The number of nitrogens with zero attached hydrogens (tertiary/aromatic N) is 2. The zero-order chi connectivity index (χ0) is 12.1. The molecule has 0 aliphatic carbocycles. The summed E-state index contributed by atoms with van der Waals surface area (Å²) in [7, 11) is 0. The second kappa shape index (κ2) is 5.57. The fraction of sp³-hybridized carbons (Fsp3) is 0.455. The Morgan fingerprint density at radius 3 is 2.81 bits per heavy atom. The maximum atomic E-state index is 11.9. The third-order valence-corrected chi connectivity index (χ3v) is 2.37. The van der Waals surface area contributed by atoms with E-state index in [-0.39, 0.29) is 22.8 Å². The first-order chi connectivity index (χ1) is 7.58. The maximum absolute atomic E-state index is 11.9. The van der Waals surface area contributed by atoms with Crippen molar-refractivity contribution in [3.05, 3.63) is 23.1 Å². The number of carbonyl (C=O) groups is 1. The molecule has 0 aliphatic heterocycles. The van der Waals surface area contributed by atoms with Gasteiger partial charge in [0.15, 0.2) is 11.0 Å². The van der Waals surface area contributed by atoms with Crippen LogP contribution in [0, 0.1) is 17.2 Å². The average molecular weight is 241 g/mol. The molecule has 0 bridgehead atoms. The van der Waals surface area contributed by atoms with E-state index < -0.39 is 0 Å². The van der Waals surface area contributed by atoms with Crippen molar-refractivity contribution in [3.63, 3.8) is 0 Å². The van der Waals surface area contributed by atoms with Crippen LogP contribution in [0.3, 0.4) is 0 Å². The molecule has 86 valence electrons. The Morgan fingerprint density at radius 2 is 2.38 bits per heavy atom. The van der Waals surface area contributed by atoms with Crippen molar-refractivity contribution in [1.82, 2.24) is 4.90 Å². The van der Waals surface area contributed by atoms with Crippen LogP contribution in [-0.4, -0.2) is 23.9 Å². The predicted octanol–water partition coefficient (Wildman–Crippen LogP) is 2.55. The SMILES string of the molecule is CCN(CC(C)C#N)C(=O)c1ccc(Cl)o1. The molecule has 0 aliphatic rings. The number of hydrogen-bond donors (Lipinski definition) is 0. The highest BCUT2D eigenvalue weighted by atomic mass is 35.5. The summed E-state index contributed by atoms with van der Waals surface area (Å²) in [5.41, 5.74) is 0. The molecule has 16 heavy (non-hydrogen) atoms. The third-order valence-electron chi connectivity index (χ3n) is 2.17. The molecule has 1 unspecified atom stereocenters. The minimum Gasteiger partial charge on any atom is -0.440 e. The van der Waals surface area contributed by atoms with E-state index in [9.17, 15) is 4.79 Å². The first-order valence-electron chi connectivity index (χ1n) is 5.02. The van der Waals surface area contributed by atoms with Crippen molar-refractivity contribution < 1.29 is 9.21 Å². The van der Waals surface area contributed by atoms with Gasteiger partial charge in [0.1, 0.15) is 0 Å². The molecule has 0 aromatic carbocycles. The lowest BCUT2D eigenvalue weighted by Crippen LogP contribution is -2.34. The van der Waals surface area contributed by atoms with E-state index in [1.54, 1.807) is 11.8 Å². The van der Waals surface area contributed by atoms with E-state index in [1.807, 2.05) is 6.92 Å². The molecule has 0 saturated heterocycles. The summed E-state index contributed by atoms with van der Waals surface area (Å²) in [6.45, 7) is 4.55. The fourth-order valence-electron chi connectivity index (χ4n) is 1.31. The van der Waals surface area contributed by atoms with Crippen molar-refractivity contribution in [2.24, 2.45) is 5.92 Å². The topological polar surface area (TPSA) is 57.2 Å². The lowest BCUT2D eigenvalue weighted by molar-refractivity contribution is 0.0721. The Kier molecular flexibility index (Phi) is 4.39. The first-order valence-corrected chi connectivity index (χ1v) is 5.40. The molecule has 0 N–H and O–H groups in total. The number of furan rings is 1. The van der Waals surface area contributed by atoms with Crippen LogP contribution in [0.2, 0.25) is 5.22 Å². The molecular weight excluding hydrogens is 228 g/mol. The number of nitriles is 1. The second-order valence-electron chi connectivity index (χ2n) is 3.48. The van der Waals surface area contributed by atoms with Gasteiger partial charge in [-0.1, -0.05) is 0 Å². The van der Waals surface area contributed by atoms with Gasteiger partial charge in [-0.3, -0.25) is 4.79 Å². The highest BCUT2D eigenvalue weighted by molar-refractivity contribution is 6.29. The molecule has 1 amide bonds. The number of carbonyl (C=O) groups excluding carboxylic acids is 1. The summed E-state index contributed by atoms with van der Waals surface area (Å²) in [6.07, 6.45) is 0. The van der Waals surface area contributed by atoms with Crippen LogP contribution in [0.1, 0.15) is 24.4 Å². The molecule has 0 saturated carbocycles. The number of amides is 1. The van der Waals surface area contributed by atoms with Crippen molar-refractivity contribution in [2.45, 2.75) is 13.8 Å². The van der Waals surface area contributed by atoms with Gasteiger partial charge in [-0.05, 0) is 37.6 Å². The molecule has 1 rings (SSSR count). The molecule has 0 fully saturated rings. The van der Waals surface area contributed by atoms with Gasteiger partial charge in [-0.2, -0.15) is 5.26 Å². The summed E-state index contributed by atoms with van der Waals surface area (Å²) in [5.74, 6) is -0.233. The maximum Gasteiger partial charge on any atom is 0.289 e. The van der Waals surface area contributed by atoms with Crippen molar-refractivity contribution >= 4 is 17.5 Å². The van der Waals surface area contributed by atoms with E-state index in [2.05, 4.69) is 6.07 Å². The second-order valence-corrected chi connectivity index (χ2v) is 3.85. The minimum absolute atomic E-state index is 0.188. The number of rotatable bonds is 4. The molecule has 5 heteroatoms. The molecule has 0 spiro atoms. The van der Waals surface area contributed by atoms with E-state index in [1.165, 1.54) is 12.1 Å². The summed E-state index contributed by atoms with van der Waals surface area (Å²) in [4.78, 5) is 13.5. The first kappa shape index (κ1) is 12.6. The Balaban J connectivity index is 2.74. The third kappa shape index (κ3) is 3.01. The summed E-state index contributed by atoms with van der Waals surface area (Å²) < 4.78 is 5.03. The summed E-state index contributed by atoms with van der Waals surface area (Å²) in [6, 6.07) is 5.15. The van der Waals surface area contributed by atoms with Gasteiger partial charge < -0.3 is 9.32 Å². The van der Waals surface area contributed by atoms with Gasteiger partial charge in [0.25, 0.3) is 5.91 Å². The van der Waals surface area contributed by atoms with Crippen molar-refractivity contribution in [3.8, 4) is 6.07 Å². The van der Waals surface area contributed by atoms with Gasteiger partial charge in [0, 0.05) is 13.1 Å². The zero-order valence-electron chi connectivity index (χ0n) is 9.24. The van der Waals surface area contributed by atoms with Crippen LogP contribution in [-0.2, 0) is 0 Å². The average Bonchev–Trinajstić information content (AvgIpc) is 2.71. The largest absolute Gasteiger partial charge is 0.440 e. The molecule has 0 radical (unpaired) electrons. The normalized spacial score (nSPS) is 11.9. The zero-order valence-corrected chi connectivity index (χ0v) is 9.99. The van der Waals surface area contributed by atoms with Gasteiger partial charge in [0.2, 0.25) is 0 Å². The van der Waals surface area contributed by atoms with E-state index in [0.29, 0.717) is 13.1 Å². The Labute approximate surface area is 99.4 Å². The van der Waals surface area contributed by atoms with Gasteiger partial charge in [0.05, 0.1) is 12.0 Å². The lowest BCUT2D eigenvalue weighted by Gasteiger charge is -2.20. The van der Waals surface area contributed by atoms with E-state index in [4.69, 9.17) is 21.3 Å². The highest BCUT2D eigenvalue weighted by Crippen LogP contribution is 2.15. The molecular formula is C11H13ClN2O2. The minimum atomic E-state index is -0.239. The van der Waals surface area contributed by atoms with Gasteiger partial charge >= 0.3 is 0 Å². The van der Waals surface area contributed by atoms with E-state index >= 15 is 0 Å². The highest BCUT2D eigenvalue weighted by Gasteiger charge is 2.19. The lowest BCUT2D eigenvalue weighted by atomic mass is 10.2. The molecule has 1 atom stereocenters. The van der Waals surface area contributed by atoms with Crippen LogP contribution in [0.15, 0.2) is 16.5 Å². The van der Waals surface area contributed by atoms with Crippen LogP contribution in [0.5, 0.6) is 0 Å². The van der Waals surface area contributed by atoms with Crippen LogP contribution < -0.4 is 0 Å². The van der Waals surface area contributed by atoms with Crippen molar-refractivity contribution in [1.29, 1.82) is 5.26 Å². The van der Waals surface area contributed by atoms with Crippen molar-refractivity contribution in [2.75, 3.05) is 13.1 Å². The van der Waals surface area contributed by atoms with Gasteiger partial charge in [-0.15, -0.1) is 0 Å². The molecule has 1 heterocycles. The summed E-state index contributed by atoms with van der Waals surface area (Å²) in [5, 5.41) is 8.89. The van der Waals surface area contributed by atoms with Crippen LogP contribution in [0.4, 0.5) is 0 Å². The smallest absolute Gasteiger partial charge is 0.289 e. The number of hydrogen-bond acceptors (Lipinski definition) is 3. The van der Waals surface area contributed by atoms with E-state index in [0.717, 1.165) is 0 Å². The molecule has 1 aromatic heterocycles. The molecule has 1 aromatic rings. The van der Waals surface area contributed by atoms with Crippen LogP contribution >= 0.6 is 11.6 Å². The standard InChI is InChI=1S/C11H13ClN2O2/c1-3-14(7-8(2)6-13)11(15)9-4-5-10(12)16-9/h4-5,8H,3,7H2,1-2H3.